The summed E-state index contributed by atoms with van der Waals surface area (Å²) in [6.07, 6.45) is -0.503. The van der Waals surface area contributed by atoms with Crippen LogP contribution >= 0.6 is 0 Å². The Labute approximate surface area is 175 Å². The lowest BCUT2D eigenvalue weighted by molar-refractivity contribution is -0.122. The first kappa shape index (κ1) is 23.2. The topological polar surface area (TPSA) is 65.1 Å². The SMILES string of the molecule is CCN1CCN(Cc2ccc(CNC(=O)CN(C)C(=O)OC(C)(C)C)cc2)CC1. The molecule has 0 aliphatic carbocycles. The van der Waals surface area contributed by atoms with Crippen molar-refractivity contribution in [3.8, 4) is 0 Å². The minimum atomic E-state index is -0.576. The number of ether oxygens (including phenoxy) is 1. The van der Waals surface area contributed by atoms with Crippen LogP contribution in [0, 0.1) is 0 Å². The van der Waals surface area contributed by atoms with Gasteiger partial charge in [-0.25, -0.2) is 4.79 Å². The fraction of sp³-hybridized carbons (Fsp3) is 0.636. The Morgan fingerprint density at radius 3 is 2.14 bits per heavy atom. The second-order valence-corrected chi connectivity index (χ2v) is 8.64. The predicted octanol–water partition coefficient (Wildman–Crippen LogP) is 2.31. The molecule has 0 spiro atoms. The summed E-state index contributed by atoms with van der Waals surface area (Å²) in [7, 11) is 1.56. The van der Waals surface area contributed by atoms with Gasteiger partial charge >= 0.3 is 6.09 Å². The molecule has 2 rings (SSSR count). The number of piperazine rings is 1. The average molecular weight is 405 g/mol. The van der Waals surface area contributed by atoms with Gasteiger partial charge in [0.1, 0.15) is 12.1 Å². The van der Waals surface area contributed by atoms with Gasteiger partial charge in [-0.1, -0.05) is 31.2 Å². The van der Waals surface area contributed by atoms with Crippen LogP contribution in [0.1, 0.15) is 38.8 Å². The van der Waals surface area contributed by atoms with Gasteiger partial charge in [0.15, 0.2) is 0 Å². The Kier molecular flexibility index (Phi) is 8.46. The van der Waals surface area contributed by atoms with Crippen LogP contribution in [-0.4, -0.2) is 78.6 Å². The van der Waals surface area contributed by atoms with Crippen LogP contribution in [0.5, 0.6) is 0 Å². The third-order valence-corrected chi connectivity index (χ3v) is 4.92. The number of carbonyl (C=O) groups excluding carboxylic acids is 2. The van der Waals surface area contributed by atoms with Gasteiger partial charge in [0.2, 0.25) is 5.91 Å². The lowest BCUT2D eigenvalue weighted by atomic mass is 10.1. The number of benzene rings is 1. The summed E-state index contributed by atoms with van der Waals surface area (Å²) in [6.45, 7) is 14.6. The van der Waals surface area contributed by atoms with Crippen molar-refractivity contribution >= 4 is 12.0 Å². The Morgan fingerprint density at radius 1 is 1.03 bits per heavy atom. The molecule has 1 fully saturated rings. The van der Waals surface area contributed by atoms with Gasteiger partial charge in [-0.05, 0) is 38.4 Å². The molecule has 0 aromatic heterocycles. The van der Waals surface area contributed by atoms with Crippen molar-refractivity contribution in [2.75, 3.05) is 46.3 Å². The first-order chi connectivity index (χ1) is 13.7. The molecule has 1 N–H and O–H groups in total. The molecular weight excluding hydrogens is 368 g/mol. The van der Waals surface area contributed by atoms with Crippen LogP contribution in [0.3, 0.4) is 0 Å². The molecule has 2 amide bonds. The zero-order valence-electron chi connectivity index (χ0n) is 18.5. The second kappa shape index (κ2) is 10.6. The maximum atomic E-state index is 12.1. The Hall–Kier alpha value is -2.12. The van der Waals surface area contributed by atoms with E-state index in [4.69, 9.17) is 4.74 Å². The maximum Gasteiger partial charge on any atom is 0.410 e. The lowest BCUT2D eigenvalue weighted by Crippen LogP contribution is -2.45. The van der Waals surface area contributed by atoms with Crippen LogP contribution in [0.4, 0.5) is 4.79 Å². The van der Waals surface area contributed by atoms with Gasteiger partial charge in [0.05, 0.1) is 0 Å². The molecule has 0 unspecified atom stereocenters. The van der Waals surface area contributed by atoms with Gasteiger partial charge in [-0.3, -0.25) is 9.69 Å². The summed E-state index contributed by atoms with van der Waals surface area (Å²) >= 11 is 0. The van der Waals surface area contributed by atoms with Crippen molar-refractivity contribution in [1.29, 1.82) is 0 Å². The highest BCUT2D eigenvalue weighted by molar-refractivity contribution is 5.82. The van der Waals surface area contributed by atoms with Crippen molar-refractivity contribution in [2.45, 2.75) is 46.4 Å². The van der Waals surface area contributed by atoms with Crippen molar-refractivity contribution in [2.24, 2.45) is 0 Å². The predicted molar refractivity (Wildman–Crippen MR) is 115 cm³/mol. The molecule has 0 atom stereocenters. The molecule has 7 nitrogen and oxygen atoms in total. The van der Waals surface area contributed by atoms with Crippen LogP contribution < -0.4 is 5.32 Å². The van der Waals surface area contributed by atoms with E-state index in [9.17, 15) is 9.59 Å². The second-order valence-electron chi connectivity index (χ2n) is 8.64. The van der Waals surface area contributed by atoms with E-state index in [1.807, 2.05) is 0 Å². The van der Waals surface area contributed by atoms with Crippen LogP contribution in [0.15, 0.2) is 24.3 Å². The van der Waals surface area contributed by atoms with Gasteiger partial charge in [0.25, 0.3) is 0 Å². The van der Waals surface area contributed by atoms with Crippen LogP contribution in [0.2, 0.25) is 0 Å². The summed E-state index contributed by atoms with van der Waals surface area (Å²) in [5, 5.41) is 2.86. The number of hydrogen-bond acceptors (Lipinski definition) is 5. The molecule has 0 saturated carbocycles. The molecule has 1 aromatic carbocycles. The van der Waals surface area contributed by atoms with Crippen LogP contribution in [0.25, 0.3) is 0 Å². The number of hydrogen-bond donors (Lipinski definition) is 1. The van der Waals surface area contributed by atoms with Crippen molar-refractivity contribution in [3.05, 3.63) is 35.4 Å². The minimum absolute atomic E-state index is 0.0310. The number of nitrogens with zero attached hydrogens (tertiary/aromatic N) is 3. The van der Waals surface area contributed by atoms with E-state index < -0.39 is 11.7 Å². The first-order valence-corrected chi connectivity index (χ1v) is 10.4. The highest BCUT2D eigenvalue weighted by Gasteiger charge is 2.21. The van der Waals surface area contributed by atoms with Gasteiger partial charge in [-0.2, -0.15) is 0 Å². The van der Waals surface area contributed by atoms with E-state index in [1.165, 1.54) is 10.5 Å². The lowest BCUT2D eigenvalue weighted by Gasteiger charge is -2.34. The maximum absolute atomic E-state index is 12.1. The molecule has 0 radical (unpaired) electrons. The molecule has 1 aliphatic heterocycles. The molecule has 162 valence electrons. The minimum Gasteiger partial charge on any atom is -0.444 e. The van der Waals surface area contributed by atoms with E-state index in [-0.39, 0.29) is 12.5 Å². The summed E-state index contributed by atoms with van der Waals surface area (Å²) in [5.74, 6) is -0.212. The van der Waals surface area contributed by atoms with Crippen LogP contribution in [-0.2, 0) is 22.6 Å². The van der Waals surface area contributed by atoms with E-state index >= 15 is 0 Å². The molecule has 0 bridgehead atoms. The third kappa shape index (κ3) is 8.41. The zero-order valence-corrected chi connectivity index (χ0v) is 18.5. The monoisotopic (exact) mass is 404 g/mol. The summed E-state index contributed by atoms with van der Waals surface area (Å²) < 4.78 is 5.25. The number of likely N-dealkylation sites (N-methyl/N-ethyl adjacent to an activating group) is 2. The first-order valence-electron chi connectivity index (χ1n) is 10.4. The average Bonchev–Trinajstić information content (AvgIpc) is 2.66. The molecular formula is C22H36N4O3. The number of rotatable bonds is 7. The quantitative estimate of drug-likeness (QED) is 0.756. The summed E-state index contributed by atoms with van der Waals surface area (Å²) in [5.41, 5.74) is 1.75. The fourth-order valence-electron chi connectivity index (χ4n) is 3.16. The summed E-state index contributed by atoms with van der Waals surface area (Å²) in [4.78, 5) is 30.3. The van der Waals surface area contributed by atoms with Crippen molar-refractivity contribution < 1.29 is 14.3 Å². The zero-order chi connectivity index (χ0) is 21.4. The van der Waals surface area contributed by atoms with E-state index in [1.54, 1.807) is 27.8 Å². The Balaban J connectivity index is 1.72. The van der Waals surface area contributed by atoms with E-state index in [2.05, 4.69) is 46.3 Å². The molecule has 1 saturated heterocycles. The Bertz CT molecular complexity index is 662. The highest BCUT2D eigenvalue weighted by atomic mass is 16.6. The number of nitrogens with one attached hydrogen (secondary N) is 1. The highest BCUT2D eigenvalue weighted by Crippen LogP contribution is 2.11. The van der Waals surface area contributed by atoms with E-state index in [0.717, 1.165) is 44.8 Å². The van der Waals surface area contributed by atoms with E-state index in [0.29, 0.717) is 6.54 Å². The number of carbonyl (C=O) groups is 2. The van der Waals surface area contributed by atoms with Gasteiger partial charge in [0, 0.05) is 46.3 Å². The molecule has 29 heavy (non-hydrogen) atoms. The third-order valence-electron chi connectivity index (χ3n) is 4.92. The van der Waals surface area contributed by atoms with Crippen molar-refractivity contribution in [3.63, 3.8) is 0 Å². The van der Waals surface area contributed by atoms with Gasteiger partial charge in [-0.15, -0.1) is 0 Å². The smallest absolute Gasteiger partial charge is 0.410 e. The fourth-order valence-corrected chi connectivity index (χ4v) is 3.16. The molecule has 7 heteroatoms. The summed E-state index contributed by atoms with van der Waals surface area (Å²) in [6, 6.07) is 8.35. The Morgan fingerprint density at radius 2 is 1.59 bits per heavy atom. The molecule has 1 aromatic rings. The number of amides is 2. The largest absolute Gasteiger partial charge is 0.444 e. The molecule has 1 aliphatic rings. The van der Waals surface area contributed by atoms with Crippen molar-refractivity contribution in [1.82, 2.24) is 20.0 Å². The molecule has 1 heterocycles. The standard InChI is InChI=1S/C22H36N4O3/c1-6-25-11-13-26(14-12-25)16-19-9-7-18(8-10-19)15-23-20(27)17-24(5)21(28)29-22(2,3)4/h7-10H,6,11-17H2,1-5H3,(H,23,27). The van der Waals surface area contributed by atoms with Gasteiger partial charge < -0.3 is 19.9 Å². The normalized spacial score (nSPS) is 15.8.